The van der Waals surface area contributed by atoms with Crippen LogP contribution in [-0.2, 0) is 11.3 Å². The fourth-order valence-electron chi connectivity index (χ4n) is 1.70. The third kappa shape index (κ3) is 2.66. The lowest BCUT2D eigenvalue weighted by molar-refractivity contribution is 0.0600. The molecule has 4 nitrogen and oxygen atoms in total. The number of aldehydes is 1. The largest absolute Gasteiger partial charge is 0.465 e. The predicted octanol–water partition coefficient (Wildman–Crippen LogP) is 2.14. The van der Waals surface area contributed by atoms with Crippen LogP contribution in [0.2, 0.25) is 0 Å². The molecule has 0 aliphatic heterocycles. The monoisotopic (exact) mass is 243 g/mol. The van der Waals surface area contributed by atoms with Crippen molar-refractivity contribution in [3.05, 3.63) is 59.4 Å². The molecule has 0 unspecified atom stereocenters. The summed E-state index contributed by atoms with van der Waals surface area (Å²) in [5.41, 5.74) is 2.24. The summed E-state index contributed by atoms with van der Waals surface area (Å²) in [5.74, 6) is -0.342. The molecule has 0 bridgehead atoms. The standard InChI is InChI=1S/C14H13NO3/c1-18-14(17)13-4-2-11(3-5-13)8-15-7-6-12(9-15)10-16/h2-7,9-10H,8H2,1H3. The van der Waals surface area contributed by atoms with Gasteiger partial charge in [-0.1, -0.05) is 12.1 Å². The zero-order chi connectivity index (χ0) is 13.0. The van der Waals surface area contributed by atoms with Crippen molar-refractivity contribution >= 4 is 12.3 Å². The van der Waals surface area contributed by atoms with Crippen molar-refractivity contribution in [3.63, 3.8) is 0 Å². The van der Waals surface area contributed by atoms with Crippen molar-refractivity contribution in [2.24, 2.45) is 0 Å². The Morgan fingerprint density at radius 2 is 2.00 bits per heavy atom. The number of esters is 1. The lowest BCUT2D eigenvalue weighted by Crippen LogP contribution is -2.02. The maximum atomic E-state index is 11.3. The van der Waals surface area contributed by atoms with Crippen LogP contribution in [0.4, 0.5) is 0 Å². The van der Waals surface area contributed by atoms with Gasteiger partial charge in [0, 0.05) is 24.5 Å². The SMILES string of the molecule is COC(=O)c1ccc(Cn2ccc(C=O)c2)cc1. The Morgan fingerprint density at radius 1 is 1.28 bits per heavy atom. The number of carbonyl (C=O) groups excluding carboxylic acids is 2. The summed E-state index contributed by atoms with van der Waals surface area (Å²) in [4.78, 5) is 21.8. The van der Waals surface area contributed by atoms with Crippen LogP contribution >= 0.6 is 0 Å². The number of rotatable bonds is 4. The van der Waals surface area contributed by atoms with Gasteiger partial charge < -0.3 is 9.30 Å². The third-order valence-corrected chi connectivity index (χ3v) is 2.65. The number of methoxy groups -OCH3 is 1. The fraction of sp³-hybridized carbons (Fsp3) is 0.143. The fourth-order valence-corrected chi connectivity index (χ4v) is 1.70. The van der Waals surface area contributed by atoms with Gasteiger partial charge in [-0.15, -0.1) is 0 Å². The topological polar surface area (TPSA) is 48.3 Å². The second-order valence-electron chi connectivity index (χ2n) is 3.92. The number of nitrogens with zero attached hydrogens (tertiary/aromatic N) is 1. The Morgan fingerprint density at radius 3 is 2.56 bits per heavy atom. The van der Waals surface area contributed by atoms with E-state index >= 15 is 0 Å². The summed E-state index contributed by atoms with van der Waals surface area (Å²) in [5, 5.41) is 0. The number of benzene rings is 1. The highest BCUT2D eigenvalue weighted by molar-refractivity contribution is 5.89. The summed E-state index contributed by atoms with van der Waals surface area (Å²) in [7, 11) is 1.36. The first kappa shape index (κ1) is 12.1. The molecule has 0 fully saturated rings. The maximum absolute atomic E-state index is 11.3. The molecule has 0 N–H and O–H groups in total. The second kappa shape index (κ2) is 5.31. The number of hydrogen-bond donors (Lipinski definition) is 0. The van der Waals surface area contributed by atoms with Crippen molar-refractivity contribution in [2.75, 3.05) is 7.11 Å². The molecular weight excluding hydrogens is 230 g/mol. The van der Waals surface area contributed by atoms with E-state index in [2.05, 4.69) is 4.74 Å². The average molecular weight is 243 g/mol. The van der Waals surface area contributed by atoms with E-state index in [9.17, 15) is 9.59 Å². The molecule has 0 saturated carbocycles. The van der Waals surface area contributed by atoms with Crippen molar-refractivity contribution in [2.45, 2.75) is 6.54 Å². The molecule has 0 atom stereocenters. The number of carbonyl (C=O) groups is 2. The van der Waals surface area contributed by atoms with E-state index in [0.717, 1.165) is 11.8 Å². The minimum Gasteiger partial charge on any atom is -0.465 e. The predicted molar refractivity (Wildman–Crippen MR) is 66.7 cm³/mol. The Balaban J connectivity index is 2.10. The van der Waals surface area contributed by atoms with Gasteiger partial charge in [-0.2, -0.15) is 0 Å². The van der Waals surface area contributed by atoms with Crippen molar-refractivity contribution in [1.82, 2.24) is 4.57 Å². The van der Waals surface area contributed by atoms with Gasteiger partial charge in [-0.05, 0) is 23.8 Å². The first-order chi connectivity index (χ1) is 8.72. The molecular formula is C14H13NO3. The van der Waals surface area contributed by atoms with E-state index in [-0.39, 0.29) is 5.97 Å². The van der Waals surface area contributed by atoms with Crippen LogP contribution < -0.4 is 0 Å². The van der Waals surface area contributed by atoms with Gasteiger partial charge in [0.2, 0.25) is 0 Å². The molecule has 2 aromatic rings. The molecule has 0 aliphatic rings. The number of aromatic nitrogens is 1. The van der Waals surface area contributed by atoms with Gasteiger partial charge >= 0.3 is 5.97 Å². The van der Waals surface area contributed by atoms with E-state index in [1.54, 1.807) is 24.4 Å². The highest BCUT2D eigenvalue weighted by Crippen LogP contribution is 2.08. The zero-order valence-electron chi connectivity index (χ0n) is 10.00. The van der Waals surface area contributed by atoms with Gasteiger partial charge in [-0.25, -0.2) is 4.79 Å². The average Bonchev–Trinajstić information content (AvgIpc) is 2.86. The molecule has 1 heterocycles. The molecule has 1 aromatic heterocycles. The molecule has 2 rings (SSSR count). The quantitative estimate of drug-likeness (QED) is 0.610. The summed E-state index contributed by atoms with van der Waals surface area (Å²) >= 11 is 0. The van der Waals surface area contributed by atoms with Gasteiger partial charge in [-0.3, -0.25) is 4.79 Å². The first-order valence-corrected chi connectivity index (χ1v) is 5.51. The lowest BCUT2D eigenvalue weighted by Gasteiger charge is -2.04. The van der Waals surface area contributed by atoms with E-state index in [1.807, 2.05) is 22.9 Å². The molecule has 0 spiro atoms. The second-order valence-corrected chi connectivity index (χ2v) is 3.92. The van der Waals surface area contributed by atoms with E-state index in [0.29, 0.717) is 17.7 Å². The van der Waals surface area contributed by atoms with E-state index in [1.165, 1.54) is 7.11 Å². The van der Waals surface area contributed by atoms with Crippen molar-refractivity contribution in [3.8, 4) is 0 Å². The van der Waals surface area contributed by atoms with Crippen LogP contribution in [-0.4, -0.2) is 23.9 Å². The first-order valence-electron chi connectivity index (χ1n) is 5.51. The zero-order valence-corrected chi connectivity index (χ0v) is 10.00. The molecule has 1 aromatic carbocycles. The summed E-state index contributed by atoms with van der Waals surface area (Å²) in [6.07, 6.45) is 4.44. The van der Waals surface area contributed by atoms with Gasteiger partial charge in [0.05, 0.1) is 12.7 Å². The summed E-state index contributed by atoms with van der Waals surface area (Å²) in [6.45, 7) is 0.662. The van der Waals surface area contributed by atoms with Gasteiger partial charge in [0.25, 0.3) is 0 Å². The smallest absolute Gasteiger partial charge is 0.337 e. The highest BCUT2D eigenvalue weighted by atomic mass is 16.5. The van der Waals surface area contributed by atoms with Crippen LogP contribution in [0.3, 0.4) is 0 Å². The molecule has 0 radical (unpaired) electrons. The Hall–Kier alpha value is -2.36. The Kier molecular flexibility index (Phi) is 3.57. The van der Waals surface area contributed by atoms with Crippen LogP contribution in [0.5, 0.6) is 0 Å². The molecule has 0 amide bonds. The van der Waals surface area contributed by atoms with Gasteiger partial charge in [0.15, 0.2) is 6.29 Å². The molecule has 0 saturated heterocycles. The van der Waals surface area contributed by atoms with E-state index in [4.69, 9.17) is 0 Å². The summed E-state index contributed by atoms with van der Waals surface area (Å²) < 4.78 is 6.54. The maximum Gasteiger partial charge on any atom is 0.337 e. The molecule has 18 heavy (non-hydrogen) atoms. The molecule has 0 aliphatic carbocycles. The van der Waals surface area contributed by atoms with Crippen LogP contribution in [0.1, 0.15) is 26.3 Å². The van der Waals surface area contributed by atoms with Crippen LogP contribution in [0.25, 0.3) is 0 Å². The minimum atomic E-state index is -0.342. The highest BCUT2D eigenvalue weighted by Gasteiger charge is 2.04. The summed E-state index contributed by atoms with van der Waals surface area (Å²) in [6, 6.07) is 8.95. The van der Waals surface area contributed by atoms with Crippen molar-refractivity contribution < 1.29 is 14.3 Å². The Bertz CT molecular complexity index is 555. The number of hydrogen-bond acceptors (Lipinski definition) is 3. The normalized spacial score (nSPS) is 10.1. The Labute approximate surface area is 105 Å². The molecule has 4 heteroatoms. The van der Waals surface area contributed by atoms with Crippen LogP contribution in [0, 0.1) is 0 Å². The van der Waals surface area contributed by atoms with Crippen LogP contribution in [0.15, 0.2) is 42.7 Å². The lowest BCUT2D eigenvalue weighted by atomic mass is 10.1. The van der Waals surface area contributed by atoms with E-state index < -0.39 is 0 Å². The van der Waals surface area contributed by atoms with Gasteiger partial charge in [0.1, 0.15) is 0 Å². The molecule has 92 valence electrons. The van der Waals surface area contributed by atoms with Crippen molar-refractivity contribution in [1.29, 1.82) is 0 Å². The third-order valence-electron chi connectivity index (χ3n) is 2.65. The minimum absolute atomic E-state index is 0.342. The number of ether oxygens (including phenoxy) is 1.